The molecule has 2 aliphatic rings. The van der Waals surface area contributed by atoms with E-state index in [1.165, 1.54) is 0 Å². The quantitative estimate of drug-likeness (QED) is 0.250. The Balaban J connectivity index is 2.31. The maximum Gasteiger partial charge on any atom is 0.374 e. The molecule has 0 aliphatic carbocycles. The fraction of sp³-hybridized carbons (Fsp3) is 0.769. The van der Waals surface area contributed by atoms with Gasteiger partial charge in [0, 0.05) is 13.3 Å². The van der Waals surface area contributed by atoms with Gasteiger partial charge in [-0.2, -0.15) is 0 Å². The monoisotopic (exact) mass is 349 g/mol. The van der Waals surface area contributed by atoms with Crippen LogP contribution in [0.3, 0.4) is 0 Å². The number of amides is 1. The van der Waals surface area contributed by atoms with Crippen molar-refractivity contribution in [3.8, 4) is 0 Å². The molecule has 2 saturated heterocycles. The van der Waals surface area contributed by atoms with Gasteiger partial charge in [-0.15, -0.1) is 0 Å². The summed E-state index contributed by atoms with van der Waals surface area (Å²) in [6.07, 6.45) is -6.85. The average Bonchev–Trinajstić information content (AvgIpc) is 2.52. The van der Waals surface area contributed by atoms with Gasteiger partial charge in [-0.3, -0.25) is 4.79 Å². The van der Waals surface area contributed by atoms with Crippen molar-refractivity contribution in [3.05, 3.63) is 0 Å². The minimum atomic E-state index is -2.16. The number of hydrogen-bond acceptors (Lipinski definition) is 10. The van der Waals surface area contributed by atoms with Gasteiger partial charge in [-0.25, -0.2) is 9.59 Å². The van der Waals surface area contributed by atoms with Gasteiger partial charge in [0.25, 0.3) is 5.79 Å². The highest BCUT2D eigenvalue weighted by molar-refractivity contribution is 5.92. The highest BCUT2D eigenvalue weighted by atomic mass is 16.8. The van der Waals surface area contributed by atoms with Crippen LogP contribution in [0.5, 0.6) is 0 Å². The molecule has 24 heavy (non-hydrogen) atoms. The topological polar surface area (TPSA) is 172 Å². The first-order chi connectivity index (χ1) is 11.2. The van der Waals surface area contributed by atoms with Crippen molar-refractivity contribution in [3.63, 3.8) is 0 Å². The summed E-state index contributed by atoms with van der Waals surface area (Å²) in [7, 11) is 0. The Labute approximate surface area is 136 Å². The highest BCUT2D eigenvalue weighted by Crippen LogP contribution is 2.35. The molecule has 1 amide bonds. The Kier molecular flexibility index (Phi) is 5.52. The molecule has 2 fully saturated rings. The molecule has 0 aromatic heterocycles. The number of carbonyl (C=O) groups is 3. The SMILES string of the molecule is CC(=O)N[C@H]1[C@H]([C@H](O)[C@H](O)CO)O[C@@]2(C[C@@H]1O)OCC(=O)OC2=O. The lowest BCUT2D eigenvalue weighted by molar-refractivity contribution is -0.320. The number of esters is 2. The van der Waals surface area contributed by atoms with Crippen molar-refractivity contribution in [1.82, 2.24) is 5.32 Å². The molecular weight excluding hydrogens is 330 g/mol. The minimum Gasteiger partial charge on any atom is -0.394 e. The van der Waals surface area contributed by atoms with Crippen molar-refractivity contribution >= 4 is 17.8 Å². The number of rotatable bonds is 4. The van der Waals surface area contributed by atoms with Crippen LogP contribution >= 0.6 is 0 Å². The van der Waals surface area contributed by atoms with E-state index in [-0.39, 0.29) is 0 Å². The Morgan fingerprint density at radius 3 is 2.62 bits per heavy atom. The summed E-state index contributed by atoms with van der Waals surface area (Å²) in [5, 5.41) is 41.3. The van der Waals surface area contributed by atoms with Crippen LogP contribution in [-0.4, -0.2) is 87.7 Å². The fourth-order valence-corrected chi connectivity index (χ4v) is 2.65. The van der Waals surface area contributed by atoms with Gasteiger partial charge in [0.1, 0.15) is 24.9 Å². The molecule has 0 bridgehead atoms. The van der Waals surface area contributed by atoms with E-state index in [0.717, 1.165) is 6.92 Å². The predicted octanol–water partition coefficient (Wildman–Crippen LogP) is -3.85. The van der Waals surface area contributed by atoms with Crippen molar-refractivity contribution in [2.75, 3.05) is 13.2 Å². The molecule has 2 heterocycles. The third-order valence-electron chi connectivity index (χ3n) is 3.80. The number of ether oxygens (including phenoxy) is 3. The molecule has 0 aromatic carbocycles. The Morgan fingerprint density at radius 1 is 1.42 bits per heavy atom. The Morgan fingerprint density at radius 2 is 2.08 bits per heavy atom. The highest BCUT2D eigenvalue weighted by Gasteiger charge is 2.58. The van der Waals surface area contributed by atoms with Crippen molar-refractivity contribution in [1.29, 1.82) is 0 Å². The molecular formula is C13H19NO10. The van der Waals surface area contributed by atoms with E-state index < -0.39 is 73.7 Å². The number of hydrogen-bond donors (Lipinski definition) is 5. The number of cyclic esters (lactones) is 2. The summed E-state index contributed by atoms with van der Waals surface area (Å²) in [5.74, 6) is -4.88. The van der Waals surface area contributed by atoms with Crippen LogP contribution < -0.4 is 5.32 Å². The van der Waals surface area contributed by atoms with E-state index in [0.29, 0.717) is 0 Å². The third-order valence-corrected chi connectivity index (χ3v) is 3.80. The molecule has 0 saturated carbocycles. The van der Waals surface area contributed by atoms with Crippen LogP contribution in [0.2, 0.25) is 0 Å². The van der Waals surface area contributed by atoms with E-state index >= 15 is 0 Å². The minimum absolute atomic E-state index is 0.470. The van der Waals surface area contributed by atoms with E-state index in [4.69, 9.17) is 14.6 Å². The van der Waals surface area contributed by atoms with Crippen LogP contribution in [0.1, 0.15) is 13.3 Å². The first kappa shape index (κ1) is 18.7. The zero-order chi connectivity index (χ0) is 18.1. The number of aliphatic hydroxyl groups excluding tert-OH is 4. The standard InChI is InChI=1S/C13H19NO10/c1-5(16)14-9-6(17)2-13(12(21)23-8(19)4-22-13)24-11(9)10(20)7(18)3-15/h6-7,9-11,15,17-18,20H,2-4H2,1H3,(H,14,16)/t6-,7+,9+,10+,11+,13+/m0/s1. The summed E-state index contributed by atoms with van der Waals surface area (Å²) in [6.45, 7) is -0.289. The molecule has 11 nitrogen and oxygen atoms in total. The first-order valence-corrected chi connectivity index (χ1v) is 7.19. The first-order valence-electron chi connectivity index (χ1n) is 7.19. The lowest BCUT2D eigenvalue weighted by atomic mass is 9.88. The molecule has 2 aliphatic heterocycles. The normalized spacial score (nSPS) is 36.1. The molecule has 136 valence electrons. The second-order valence-electron chi connectivity index (χ2n) is 5.62. The van der Waals surface area contributed by atoms with Gasteiger partial charge < -0.3 is 40.0 Å². The van der Waals surface area contributed by atoms with E-state index in [1.54, 1.807) is 0 Å². The van der Waals surface area contributed by atoms with Crippen LogP contribution in [0, 0.1) is 0 Å². The van der Waals surface area contributed by atoms with E-state index in [1.807, 2.05) is 0 Å². The van der Waals surface area contributed by atoms with Gasteiger partial charge in [0.2, 0.25) is 5.91 Å². The van der Waals surface area contributed by atoms with Crippen molar-refractivity contribution in [2.45, 2.75) is 49.6 Å². The Bertz CT molecular complexity index is 525. The second-order valence-corrected chi connectivity index (χ2v) is 5.62. The van der Waals surface area contributed by atoms with E-state index in [9.17, 15) is 29.7 Å². The summed E-state index contributed by atoms with van der Waals surface area (Å²) >= 11 is 0. The van der Waals surface area contributed by atoms with Crippen LogP contribution in [0.25, 0.3) is 0 Å². The fourth-order valence-electron chi connectivity index (χ4n) is 2.65. The second kappa shape index (κ2) is 7.09. The zero-order valence-electron chi connectivity index (χ0n) is 12.7. The predicted molar refractivity (Wildman–Crippen MR) is 72.0 cm³/mol. The molecule has 0 aromatic rings. The third kappa shape index (κ3) is 3.55. The van der Waals surface area contributed by atoms with Gasteiger partial charge in [0.15, 0.2) is 0 Å². The molecule has 5 N–H and O–H groups in total. The van der Waals surface area contributed by atoms with Gasteiger partial charge >= 0.3 is 11.9 Å². The number of carbonyl (C=O) groups excluding carboxylic acids is 3. The van der Waals surface area contributed by atoms with Crippen LogP contribution in [0.15, 0.2) is 0 Å². The van der Waals surface area contributed by atoms with Crippen LogP contribution in [0.4, 0.5) is 0 Å². The number of aliphatic hydroxyl groups is 4. The smallest absolute Gasteiger partial charge is 0.374 e. The molecule has 0 unspecified atom stereocenters. The molecule has 2 rings (SSSR count). The summed E-state index contributed by atoms with van der Waals surface area (Å²) in [4.78, 5) is 34.4. The summed E-state index contributed by atoms with van der Waals surface area (Å²) < 4.78 is 14.9. The van der Waals surface area contributed by atoms with Crippen molar-refractivity contribution in [2.24, 2.45) is 0 Å². The zero-order valence-corrected chi connectivity index (χ0v) is 12.7. The molecule has 11 heteroatoms. The van der Waals surface area contributed by atoms with Gasteiger partial charge in [-0.1, -0.05) is 0 Å². The average molecular weight is 349 g/mol. The van der Waals surface area contributed by atoms with Gasteiger partial charge in [0.05, 0.1) is 18.8 Å². The van der Waals surface area contributed by atoms with Crippen LogP contribution in [-0.2, 0) is 28.6 Å². The lowest BCUT2D eigenvalue weighted by Gasteiger charge is -2.47. The largest absolute Gasteiger partial charge is 0.394 e. The lowest BCUT2D eigenvalue weighted by Crippen LogP contribution is -2.69. The maximum absolute atomic E-state index is 12.0. The summed E-state index contributed by atoms with van der Waals surface area (Å²) in [6, 6.07) is -1.20. The molecule has 6 atom stereocenters. The maximum atomic E-state index is 12.0. The molecule has 1 spiro atoms. The molecule has 0 radical (unpaired) electrons. The number of nitrogens with one attached hydrogen (secondary N) is 1. The summed E-state index contributed by atoms with van der Waals surface area (Å²) in [5.41, 5.74) is 0. The van der Waals surface area contributed by atoms with Crippen molar-refractivity contribution < 1.29 is 49.0 Å². The Hall–Kier alpha value is -1.63. The van der Waals surface area contributed by atoms with E-state index in [2.05, 4.69) is 10.1 Å². The van der Waals surface area contributed by atoms with Gasteiger partial charge in [-0.05, 0) is 0 Å².